The monoisotopic (exact) mass is 326 g/mol. The standard InChI is InChI=1S/C12H15BrN4O2/c1-8-6-17(5-4-14-8)7-11-15-16-12(19-11)9-2-3-10(13)18-9/h2-3,8,14H,4-7H2,1H3. The van der Waals surface area contributed by atoms with Crippen LogP contribution in [0.25, 0.3) is 11.7 Å². The van der Waals surface area contributed by atoms with Crippen molar-refractivity contribution in [2.24, 2.45) is 0 Å². The maximum absolute atomic E-state index is 5.62. The fraction of sp³-hybridized carbons (Fsp3) is 0.500. The van der Waals surface area contributed by atoms with Crippen molar-refractivity contribution in [1.82, 2.24) is 20.4 Å². The first-order valence-corrected chi connectivity index (χ1v) is 7.04. The molecular formula is C12H15BrN4O2. The number of furan rings is 1. The minimum Gasteiger partial charge on any atom is -0.444 e. The van der Waals surface area contributed by atoms with E-state index in [1.165, 1.54) is 0 Å². The van der Waals surface area contributed by atoms with E-state index in [1.807, 2.05) is 0 Å². The van der Waals surface area contributed by atoms with E-state index in [9.17, 15) is 0 Å². The zero-order chi connectivity index (χ0) is 13.2. The Morgan fingerprint density at radius 3 is 3.05 bits per heavy atom. The van der Waals surface area contributed by atoms with Crippen molar-refractivity contribution >= 4 is 15.9 Å². The fourth-order valence-corrected chi connectivity index (χ4v) is 2.50. The number of hydrogen-bond donors (Lipinski definition) is 1. The first-order valence-electron chi connectivity index (χ1n) is 6.24. The largest absolute Gasteiger partial charge is 0.444 e. The van der Waals surface area contributed by atoms with E-state index in [0.29, 0.717) is 34.8 Å². The molecule has 7 heteroatoms. The average molecular weight is 327 g/mol. The average Bonchev–Trinajstić information content (AvgIpc) is 2.98. The Bertz CT molecular complexity index is 553. The molecule has 2 aromatic heterocycles. The van der Waals surface area contributed by atoms with E-state index in [2.05, 4.69) is 43.3 Å². The number of aromatic nitrogens is 2. The normalized spacial score (nSPS) is 20.8. The molecule has 0 bridgehead atoms. The summed E-state index contributed by atoms with van der Waals surface area (Å²) < 4.78 is 11.7. The highest BCUT2D eigenvalue weighted by Gasteiger charge is 2.19. The topological polar surface area (TPSA) is 67.3 Å². The van der Waals surface area contributed by atoms with E-state index in [0.717, 1.165) is 19.6 Å². The van der Waals surface area contributed by atoms with Gasteiger partial charge in [0, 0.05) is 25.7 Å². The molecule has 1 N–H and O–H groups in total. The highest BCUT2D eigenvalue weighted by Crippen LogP contribution is 2.24. The predicted octanol–water partition coefficient (Wildman–Crippen LogP) is 1.89. The summed E-state index contributed by atoms with van der Waals surface area (Å²) in [5.41, 5.74) is 0. The van der Waals surface area contributed by atoms with Crippen LogP contribution in [0.15, 0.2) is 25.6 Å². The molecule has 1 aliphatic rings. The molecule has 0 spiro atoms. The second-order valence-corrected chi connectivity index (χ2v) is 5.48. The Kier molecular flexibility index (Phi) is 3.67. The van der Waals surface area contributed by atoms with Crippen molar-refractivity contribution in [2.75, 3.05) is 19.6 Å². The molecule has 3 rings (SSSR count). The van der Waals surface area contributed by atoms with Gasteiger partial charge in [-0.1, -0.05) is 0 Å². The zero-order valence-corrected chi connectivity index (χ0v) is 12.2. The van der Waals surface area contributed by atoms with Gasteiger partial charge in [0.1, 0.15) is 0 Å². The van der Waals surface area contributed by atoms with Crippen molar-refractivity contribution in [2.45, 2.75) is 19.5 Å². The third kappa shape index (κ3) is 3.05. The Labute approximate surface area is 119 Å². The molecule has 1 aliphatic heterocycles. The van der Waals surface area contributed by atoms with Crippen LogP contribution >= 0.6 is 15.9 Å². The third-order valence-corrected chi connectivity index (χ3v) is 3.49. The zero-order valence-electron chi connectivity index (χ0n) is 10.6. The third-order valence-electron chi connectivity index (χ3n) is 3.06. The number of hydrogen-bond acceptors (Lipinski definition) is 6. The minimum atomic E-state index is 0.420. The SMILES string of the molecule is CC1CN(Cc2nnc(-c3ccc(Br)o3)o2)CCN1. The summed E-state index contributed by atoms with van der Waals surface area (Å²) in [5.74, 6) is 1.62. The molecule has 1 unspecified atom stereocenters. The number of nitrogens with one attached hydrogen (secondary N) is 1. The Balaban J connectivity index is 1.68. The summed E-state index contributed by atoms with van der Waals surface area (Å²) in [4.78, 5) is 2.30. The molecule has 19 heavy (non-hydrogen) atoms. The first-order chi connectivity index (χ1) is 9.20. The van der Waals surface area contributed by atoms with Crippen LogP contribution in [0.3, 0.4) is 0 Å². The lowest BCUT2D eigenvalue weighted by Crippen LogP contribution is -2.48. The van der Waals surface area contributed by atoms with Gasteiger partial charge in [0.25, 0.3) is 5.89 Å². The second kappa shape index (κ2) is 5.44. The molecule has 0 saturated carbocycles. The maximum Gasteiger partial charge on any atom is 0.283 e. The number of rotatable bonds is 3. The molecule has 0 aromatic carbocycles. The van der Waals surface area contributed by atoms with Crippen molar-refractivity contribution in [3.63, 3.8) is 0 Å². The Morgan fingerprint density at radius 1 is 1.42 bits per heavy atom. The Hall–Kier alpha value is -1.18. The Morgan fingerprint density at radius 2 is 2.32 bits per heavy atom. The number of piperazine rings is 1. The van der Waals surface area contributed by atoms with Crippen LogP contribution in [0, 0.1) is 0 Å². The summed E-state index contributed by atoms with van der Waals surface area (Å²) in [7, 11) is 0. The number of nitrogens with zero attached hydrogens (tertiary/aromatic N) is 3. The van der Waals surface area contributed by atoms with Crippen molar-refractivity contribution in [3.8, 4) is 11.7 Å². The molecule has 1 fully saturated rings. The van der Waals surface area contributed by atoms with Crippen LogP contribution in [-0.2, 0) is 6.54 Å². The fourth-order valence-electron chi connectivity index (χ4n) is 2.19. The quantitative estimate of drug-likeness (QED) is 0.929. The van der Waals surface area contributed by atoms with Gasteiger partial charge < -0.3 is 14.2 Å². The van der Waals surface area contributed by atoms with Crippen molar-refractivity contribution in [3.05, 3.63) is 22.7 Å². The van der Waals surface area contributed by atoms with Gasteiger partial charge in [-0.15, -0.1) is 10.2 Å². The van der Waals surface area contributed by atoms with Crippen LogP contribution in [0.5, 0.6) is 0 Å². The van der Waals surface area contributed by atoms with Gasteiger partial charge in [0.2, 0.25) is 5.89 Å². The van der Waals surface area contributed by atoms with Gasteiger partial charge in [-0.2, -0.15) is 0 Å². The smallest absolute Gasteiger partial charge is 0.283 e. The van der Waals surface area contributed by atoms with E-state index in [1.54, 1.807) is 12.1 Å². The van der Waals surface area contributed by atoms with Gasteiger partial charge in [0.15, 0.2) is 10.4 Å². The molecule has 0 aliphatic carbocycles. The molecule has 2 aromatic rings. The van der Waals surface area contributed by atoms with E-state index < -0.39 is 0 Å². The van der Waals surface area contributed by atoms with Gasteiger partial charge >= 0.3 is 0 Å². The molecule has 3 heterocycles. The first kappa shape index (κ1) is 12.8. The van der Waals surface area contributed by atoms with Gasteiger partial charge in [-0.3, -0.25) is 4.90 Å². The lowest BCUT2D eigenvalue weighted by atomic mass is 10.2. The predicted molar refractivity (Wildman–Crippen MR) is 72.4 cm³/mol. The van der Waals surface area contributed by atoms with E-state index >= 15 is 0 Å². The molecule has 0 amide bonds. The van der Waals surface area contributed by atoms with Gasteiger partial charge in [-0.05, 0) is 35.0 Å². The van der Waals surface area contributed by atoms with E-state index in [-0.39, 0.29) is 0 Å². The van der Waals surface area contributed by atoms with Gasteiger partial charge in [0.05, 0.1) is 6.54 Å². The van der Waals surface area contributed by atoms with Crippen molar-refractivity contribution in [1.29, 1.82) is 0 Å². The molecule has 6 nitrogen and oxygen atoms in total. The summed E-state index contributed by atoms with van der Waals surface area (Å²) in [6, 6.07) is 4.10. The van der Waals surface area contributed by atoms with Crippen molar-refractivity contribution < 1.29 is 8.83 Å². The van der Waals surface area contributed by atoms with Crippen LogP contribution in [0.4, 0.5) is 0 Å². The molecule has 1 atom stereocenters. The number of halogens is 1. The molecule has 102 valence electrons. The lowest BCUT2D eigenvalue weighted by Gasteiger charge is -2.30. The summed E-state index contributed by atoms with van der Waals surface area (Å²) in [5, 5.41) is 11.5. The second-order valence-electron chi connectivity index (χ2n) is 4.69. The van der Waals surface area contributed by atoms with E-state index in [4.69, 9.17) is 8.83 Å². The highest BCUT2D eigenvalue weighted by atomic mass is 79.9. The van der Waals surface area contributed by atoms with Crippen LogP contribution < -0.4 is 5.32 Å². The minimum absolute atomic E-state index is 0.420. The maximum atomic E-state index is 5.62. The van der Waals surface area contributed by atoms with Crippen LogP contribution in [0.2, 0.25) is 0 Å². The lowest BCUT2D eigenvalue weighted by molar-refractivity contribution is 0.184. The molecule has 0 radical (unpaired) electrons. The summed E-state index contributed by atoms with van der Waals surface area (Å²) in [6.45, 7) is 5.83. The van der Waals surface area contributed by atoms with Crippen LogP contribution in [-0.4, -0.2) is 40.8 Å². The van der Waals surface area contributed by atoms with Gasteiger partial charge in [-0.25, -0.2) is 0 Å². The highest BCUT2D eigenvalue weighted by molar-refractivity contribution is 9.10. The van der Waals surface area contributed by atoms with Crippen LogP contribution in [0.1, 0.15) is 12.8 Å². The summed E-state index contributed by atoms with van der Waals surface area (Å²) in [6.07, 6.45) is 0. The molecule has 1 saturated heterocycles. The molecular weight excluding hydrogens is 312 g/mol. The summed E-state index contributed by atoms with van der Waals surface area (Å²) >= 11 is 3.25.